The van der Waals surface area contributed by atoms with Crippen molar-refractivity contribution in [1.82, 2.24) is 23.9 Å². The van der Waals surface area contributed by atoms with Crippen LogP contribution < -0.4 is 0 Å². The molecule has 8 rings (SSSR count). The molecule has 0 N–H and O–H groups in total. The molecule has 0 fully saturated rings. The molecule has 8 aromatic rings. The summed E-state index contributed by atoms with van der Waals surface area (Å²) in [5.41, 5.74) is 9.14. The maximum absolute atomic E-state index is 4.92. The number of hydrogen-bond donors (Lipinski definition) is 0. The van der Waals surface area contributed by atoms with Crippen molar-refractivity contribution in [3.8, 4) is 45.1 Å². The van der Waals surface area contributed by atoms with Gasteiger partial charge in [0.25, 0.3) is 0 Å². The molecule has 3 aromatic heterocycles. The van der Waals surface area contributed by atoms with Crippen LogP contribution in [0.4, 0.5) is 0 Å². The standard InChI is InChI=1S/C37H25N5.Pt/c1-40-22-21-38-37(40)28-15-10-16-29(23-28)41-34-18-9-8-17-31(34)32-20-19-30(24-35(32)41)42-36(27-13-6-3-7-14-27)33(25-39-42)26-11-4-2-5-12-26;/h2-22,25H,1H3;/q-2;+2. The first-order chi connectivity index (χ1) is 20.8. The SMILES string of the molecule is Cn1ccnc1-c1[c-]c(-n2c3[c-]c(-n4ncc(-c5ccccc5)c4-c4ccccc4)ccc3c3ccccc32)ccc1.[Pt+2]. The van der Waals surface area contributed by atoms with Crippen LogP contribution in [-0.2, 0) is 28.1 Å². The molecule has 43 heavy (non-hydrogen) atoms. The Hall–Kier alpha value is -4.99. The number of aromatic nitrogens is 5. The van der Waals surface area contributed by atoms with Crippen molar-refractivity contribution >= 4 is 21.8 Å². The molecule has 0 bridgehead atoms. The first-order valence-corrected chi connectivity index (χ1v) is 13.9. The fraction of sp³-hybridized carbons (Fsp3) is 0.0270. The van der Waals surface area contributed by atoms with Crippen LogP contribution in [0.2, 0.25) is 0 Å². The summed E-state index contributed by atoms with van der Waals surface area (Å²) in [7, 11) is 2.00. The molecule has 0 aliphatic heterocycles. The number of imidazole rings is 1. The summed E-state index contributed by atoms with van der Waals surface area (Å²) in [4.78, 5) is 4.56. The van der Waals surface area contributed by atoms with E-state index in [9.17, 15) is 0 Å². The van der Waals surface area contributed by atoms with E-state index in [1.807, 2.05) is 47.0 Å². The van der Waals surface area contributed by atoms with E-state index in [-0.39, 0.29) is 21.1 Å². The van der Waals surface area contributed by atoms with E-state index in [1.165, 1.54) is 5.39 Å². The molecular weight excluding hydrogens is 710 g/mol. The molecule has 0 saturated heterocycles. The van der Waals surface area contributed by atoms with Crippen molar-refractivity contribution in [3.05, 3.63) is 146 Å². The smallest absolute Gasteiger partial charge is 0.373 e. The summed E-state index contributed by atoms with van der Waals surface area (Å²) in [6.07, 6.45) is 5.72. The van der Waals surface area contributed by atoms with Crippen LogP contribution in [0.25, 0.3) is 67.0 Å². The summed E-state index contributed by atoms with van der Waals surface area (Å²) in [6.45, 7) is 0. The minimum Gasteiger partial charge on any atom is -0.373 e. The maximum atomic E-state index is 4.92. The molecule has 3 heterocycles. The summed E-state index contributed by atoms with van der Waals surface area (Å²) in [5, 5.41) is 7.21. The number of aryl methyl sites for hydroxylation is 1. The topological polar surface area (TPSA) is 40.6 Å². The zero-order valence-corrected chi connectivity index (χ0v) is 25.5. The molecule has 0 amide bonds. The summed E-state index contributed by atoms with van der Waals surface area (Å²) in [5.74, 6) is 0.875. The average Bonchev–Trinajstić information content (AvgIpc) is 3.77. The summed E-state index contributed by atoms with van der Waals surface area (Å²) in [6, 6.07) is 47.2. The Labute approximate surface area is 263 Å². The molecule has 0 saturated carbocycles. The van der Waals surface area contributed by atoms with Gasteiger partial charge in [0.2, 0.25) is 0 Å². The van der Waals surface area contributed by atoms with E-state index < -0.39 is 0 Å². The van der Waals surface area contributed by atoms with Gasteiger partial charge in [-0.15, -0.1) is 47.3 Å². The number of nitrogens with zero attached hydrogens (tertiary/aromatic N) is 5. The van der Waals surface area contributed by atoms with Crippen molar-refractivity contribution in [2.75, 3.05) is 0 Å². The van der Waals surface area contributed by atoms with Crippen LogP contribution in [0.15, 0.2) is 134 Å². The monoisotopic (exact) mass is 734 g/mol. The van der Waals surface area contributed by atoms with E-state index in [2.05, 4.69) is 125 Å². The van der Waals surface area contributed by atoms with E-state index in [0.29, 0.717) is 0 Å². The predicted octanol–water partition coefficient (Wildman–Crippen LogP) is 8.30. The number of rotatable bonds is 5. The molecule has 0 aliphatic carbocycles. The van der Waals surface area contributed by atoms with E-state index in [4.69, 9.17) is 5.10 Å². The van der Waals surface area contributed by atoms with Crippen molar-refractivity contribution in [2.24, 2.45) is 7.05 Å². The number of para-hydroxylation sites is 1. The van der Waals surface area contributed by atoms with E-state index in [0.717, 1.165) is 61.6 Å². The van der Waals surface area contributed by atoms with Gasteiger partial charge in [0.05, 0.1) is 17.7 Å². The second-order valence-electron chi connectivity index (χ2n) is 10.3. The second-order valence-corrected chi connectivity index (χ2v) is 10.3. The van der Waals surface area contributed by atoms with E-state index in [1.54, 1.807) is 0 Å². The molecular formula is C37H25N5Pt. The van der Waals surface area contributed by atoms with Gasteiger partial charge in [-0.05, 0) is 28.4 Å². The number of hydrogen-bond acceptors (Lipinski definition) is 2. The quantitative estimate of drug-likeness (QED) is 0.167. The zero-order chi connectivity index (χ0) is 28.0. The van der Waals surface area contributed by atoms with Crippen LogP contribution in [0.3, 0.4) is 0 Å². The predicted molar refractivity (Wildman–Crippen MR) is 169 cm³/mol. The third-order valence-electron chi connectivity index (χ3n) is 7.78. The first kappa shape index (κ1) is 26.9. The third-order valence-corrected chi connectivity index (χ3v) is 7.78. The second kappa shape index (κ2) is 11.0. The fourth-order valence-electron chi connectivity index (χ4n) is 5.83. The minimum absolute atomic E-state index is 0. The van der Waals surface area contributed by atoms with Gasteiger partial charge < -0.3 is 9.13 Å². The zero-order valence-electron chi connectivity index (χ0n) is 23.3. The Morgan fingerprint density at radius 3 is 2.16 bits per heavy atom. The summed E-state index contributed by atoms with van der Waals surface area (Å²) < 4.78 is 6.26. The number of fused-ring (bicyclic) bond motifs is 3. The van der Waals surface area contributed by atoms with Crippen molar-refractivity contribution in [2.45, 2.75) is 0 Å². The van der Waals surface area contributed by atoms with Gasteiger partial charge in [-0.3, -0.25) is 9.67 Å². The molecule has 5 nitrogen and oxygen atoms in total. The van der Waals surface area contributed by atoms with Gasteiger partial charge in [-0.2, -0.15) is 11.2 Å². The van der Waals surface area contributed by atoms with Crippen LogP contribution in [0.5, 0.6) is 0 Å². The normalized spacial score (nSPS) is 11.2. The summed E-state index contributed by atoms with van der Waals surface area (Å²) >= 11 is 0. The average molecular weight is 735 g/mol. The van der Waals surface area contributed by atoms with E-state index >= 15 is 0 Å². The van der Waals surface area contributed by atoms with Crippen LogP contribution in [0.1, 0.15) is 0 Å². The molecule has 208 valence electrons. The number of benzene rings is 5. The van der Waals surface area contributed by atoms with Crippen molar-refractivity contribution in [1.29, 1.82) is 0 Å². The van der Waals surface area contributed by atoms with Crippen LogP contribution in [-0.4, -0.2) is 23.9 Å². The first-order valence-electron chi connectivity index (χ1n) is 13.9. The van der Waals surface area contributed by atoms with Gasteiger partial charge in [0.15, 0.2) is 0 Å². The van der Waals surface area contributed by atoms with Gasteiger partial charge in [-0.1, -0.05) is 84.4 Å². The van der Waals surface area contributed by atoms with Gasteiger partial charge in [0.1, 0.15) is 0 Å². The molecule has 0 unspecified atom stereocenters. The molecule has 6 heteroatoms. The Kier molecular flexibility index (Phi) is 6.88. The van der Waals surface area contributed by atoms with Crippen LogP contribution in [0, 0.1) is 12.1 Å². The Bertz CT molecular complexity index is 2210. The van der Waals surface area contributed by atoms with Crippen LogP contribution >= 0.6 is 0 Å². The van der Waals surface area contributed by atoms with Crippen molar-refractivity contribution < 1.29 is 21.1 Å². The molecule has 0 spiro atoms. The largest absolute Gasteiger partial charge is 2.00 e. The maximum Gasteiger partial charge on any atom is 2.00 e. The Morgan fingerprint density at radius 1 is 0.651 bits per heavy atom. The molecule has 0 atom stereocenters. The Morgan fingerprint density at radius 2 is 1.40 bits per heavy atom. The Balaban J connectivity index is 0.00000300. The third kappa shape index (κ3) is 4.53. The van der Waals surface area contributed by atoms with Gasteiger partial charge in [0, 0.05) is 36.1 Å². The fourth-order valence-corrected chi connectivity index (χ4v) is 5.83. The van der Waals surface area contributed by atoms with Gasteiger partial charge in [-0.25, -0.2) is 0 Å². The minimum atomic E-state index is 0. The molecule has 5 aromatic carbocycles. The molecule has 0 radical (unpaired) electrons. The van der Waals surface area contributed by atoms with Crippen molar-refractivity contribution in [3.63, 3.8) is 0 Å². The molecule has 0 aliphatic rings. The van der Waals surface area contributed by atoms with Gasteiger partial charge >= 0.3 is 21.1 Å².